The van der Waals surface area contributed by atoms with Gasteiger partial charge in [0.05, 0.1) is 17.4 Å². The number of halogens is 1. The summed E-state index contributed by atoms with van der Waals surface area (Å²) in [5.41, 5.74) is -0.0582. The van der Waals surface area contributed by atoms with Crippen LogP contribution in [-0.2, 0) is 15.8 Å². The lowest BCUT2D eigenvalue weighted by Gasteiger charge is -2.21. The SMILES string of the molecule is CC(C)(CO)CCCNS(=O)(=O)Cc1cc(C#N)ccc1F. The molecule has 0 aliphatic rings. The molecule has 0 radical (unpaired) electrons. The fourth-order valence-corrected chi connectivity index (χ4v) is 3.07. The third-order valence-electron chi connectivity index (χ3n) is 3.30. The van der Waals surface area contributed by atoms with Crippen molar-refractivity contribution in [3.8, 4) is 6.07 Å². The van der Waals surface area contributed by atoms with E-state index in [9.17, 15) is 12.8 Å². The molecule has 0 fully saturated rings. The number of hydrogen-bond acceptors (Lipinski definition) is 4. The van der Waals surface area contributed by atoms with E-state index in [2.05, 4.69) is 4.72 Å². The van der Waals surface area contributed by atoms with Crippen LogP contribution in [0.25, 0.3) is 0 Å². The average molecular weight is 328 g/mol. The van der Waals surface area contributed by atoms with Gasteiger partial charge in [0.25, 0.3) is 0 Å². The molecule has 2 N–H and O–H groups in total. The molecule has 0 bridgehead atoms. The van der Waals surface area contributed by atoms with Crippen molar-refractivity contribution < 1.29 is 17.9 Å². The van der Waals surface area contributed by atoms with E-state index in [0.717, 1.165) is 6.07 Å². The van der Waals surface area contributed by atoms with E-state index in [0.29, 0.717) is 12.8 Å². The highest BCUT2D eigenvalue weighted by Gasteiger charge is 2.18. The van der Waals surface area contributed by atoms with Crippen molar-refractivity contribution in [2.45, 2.75) is 32.4 Å². The van der Waals surface area contributed by atoms with Crippen LogP contribution in [0.1, 0.15) is 37.8 Å². The molecular weight excluding hydrogens is 307 g/mol. The number of nitrogens with zero attached hydrogens (tertiary/aromatic N) is 1. The maximum absolute atomic E-state index is 13.6. The molecule has 7 heteroatoms. The molecule has 0 atom stereocenters. The Hall–Kier alpha value is -1.49. The number of rotatable bonds is 8. The molecular formula is C15H21FN2O3S. The van der Waals surface area contributed by atoms with E-state index in [4.69, 9.17) is 10.4 Å². The fraction of sp³-hybridized carbons (Fsp3) is 0.533. The van der Waals surface area contributed by atoms with Gasteiger partial charge in [0.1, 0.15) is 5.82 Å². The Morgan fingerprint density at radius 2 is 2.09 bits per heavy atom. The topological polar surface area (TPSA) is 90.2 Å². The summed E-state index contributed by atoms with van der Waals surface area (Å²) in [6.07, 6.45) is 1.25. The summed E-state index contributed by atoms with van der Waals surface area (Å²) in [5, 5.41) is 17.9. The van der Waals surface area contributed by atoms with Crippen LogP contribution < -0.4 is 4.72 Å². The second-order valence-corrected chi connectivity index (χ2v) is 7.80. The Morgan fingerprint density at radius 1 is 1.41 bits per heavy atom. The zero-order valence-electron chi connectivity index (χ0n) is 12.8. The quantitative estimate of drug-likeness (QED) is 0.713. The largest absolute Gasteiger partial charge is 0.396 e. The van der Waals surface area contributed by atoms with Gasteiger partial charge in [-0.2, -0.15) is 5.26 Å². The van der Waals surface area contributed by atoms with Crippen LogP contribution in [0.5, 0.6) is 0 Å². The van der Waals surface area contributed by atoms with Gasteiger partial charge in [-0.05, 0) is 36.5 Å². The Balaban J connectivity index is 2.60. The fourth-order valence-electron chi connectivity index (χ4n) is 1.88. The average Bonchev–Trinajstić information content (AvgIpc) is 2.46. The van der Waals surface area contributed by atoms with Crippen LogP contribution in [0.2, 0.25) is 0 Å². The normalized spacial score (nSPS) is 12.1. The first-order chi connectivity index (χ1) is 10.2. The molecule has 0 aliphatic carbocycles. The van der Waals surface area contributed by atoms with Gasteiger partial charge in [0, 0.05) is 18.7 Å². The van der Waals surface area contributed by atoms with Gasteiger partial charge in [0.2, 0.25) is 10.0 Å². The van der Waals surface area contributed by atoms with Crippen LogP contribution in [-0.4, -0.2) is 26.7 Å². The van der Waals surface area contributed by atoms with Gasteiger partial charge in [-0.25, -0.2) is 17.5 Å². The molecule has 0 heterocycles. The first kappa shape index (κ1) is 18.6. The summed E-state index contributed by atoms with van der Waals surface area (Å²) >= 11 is 0. The molecule has 0 aromatic heterocycles. The van der Waals surface area contributed by atoms with Crippen LogP contribution in [0.15, 0.2) is 18.2 Å². The Bertz CT molecular complexity index is 651. The predicted octanol–water partition coefficient (Wildman–Crippen LogP) is 1.92. The van der Waals surface area contributed by atoms with Gasteiger partial charge in [-0.3, -0.25) is 0 Å². The van der Waals surface area contributed by atoms with Gasteiger partial charge in [-0.1, -0.05) is 13.8 Å². The van der Waals surface area contributed by atoms with Crippen molar-refractivity contribution in [1.82, 2.24) is 4.72 Å². The number of benzene rings is 1. The van der Waals surface area contributed by atoms with Crippen molar-refractivity contribution in [3.05, 3.63) is 35.1 Å². The highest BCUT2D eigenvalue weighted by molar-refractivity contribution is 7.88. The lowest BCUT2D eigenvalue weighted by atomic mass is 9.89. The van der Waals surface area contributed by atoms with Crippen LogP contribution in [0.3, 0.4) is 0 Å². The number of nitrogens with one attached hydrogen (secondary N) is 1. The minimum Gasteiger partial charge on any atom is -0.396 e. The summed E-state index contributed by atoms with van der Waals surface area (Å²) in [5.74, 6) is -1.15. The third kappa shape index (κ3) is 6.10. The molecule has 1 aromatic carbocycles. The molecule has 0 spiro atoms. The highest BCUT2D eigenvalue weighted by Crippen LogP contribution is 2.20. The monoisotopic (exact) mass is 328 g/mol. The molecule has 0 saturated heterocycles. The van der Waals surface area contributed by atoms with E-state index in [-0.39, 0.29) is 29.7 Å². The maximum atomic E-state index is 13.6. The van der Waals surface area contributed by atoms with Crippen LogP contribution >= 0.6 is 0 Å². The lowest BCUT2D eigenvalue weighted by molar-refractivity contribution is 0.148. The van der Waals surface area contributed by atoms with Gasteiger partial charge in [0.15, 0.2) is 0 Å². The van der Waals surface area contributed by atoms with Gasteiger partial charge in [-0.15, -0.1) is 0 Å². The molecule has 0 unspecified atom stereocenters. The number of hydrogen-bond donors (Lipinski definition) is 2. The number of nitriles is 1. The van der Waals surface area contributed by atoms with Crippen molar-refractivity contribution in [3.63, 3.8) is 0 Å². The predicted molar refractivity (Wildman–Crippen MR) is 81.8 cm³/mol. The first-order valence-electron chi connectivity index (χ1n) is 6.96. The molecule has 1 aromatic rings. The molecule has 1 rings (SSSR count). The summed E-state index contributed by atoms with van der Waals surface area (Å²) < 4.78 is 39.9. The molecule has 5 nitrogen and oxygen atoms in total. The van der Waals surface area contributed by atoms with Gasteiger partial charge < -0.3 is 5.11 Å². The van der Waals surface area contributed by atoms with Crippen molar-refractivity contribution >= 4 is 10.0 Å². The molecule has 0 amide bonds. The number of aliphatic hydroxyl groups is 1. The van der Waals surface area contributed by atoms with E-state index in [1.807, 2.05) is 19.9 Å². The second kappa shape index (κ2) is 7.68. The van der Waals surface area contributed by atoms with Crippen molar-refractivity contribution in [2.75, 3.05) is 13.2 Å². The smallest absolute Gasteiger partial charge is 0.215 e. The zero-order chi connectivity index (χ0) is 16.8. The maximum Gasteiger partial charge on any atom is 0.215 e. The third-order valence-corrected chi connectivity index (χ3v) is 4.64. The Morgan fingerprint density at radius 3 is 2.68 bits per heavy atom. The van der Waals surface area contributed by atoms with Crippen LogP contribution in [0, 0.1) is 22.6 Å². The second-order valence-electron chi connectivity index (χ2n) is 6.00. The Labute approximate surface area is 130 Å². The summed E-state index contributed by atoms with van der Waals surface area (Å²) in [4.78, 5) is 0. The molecule has 22 heavy (non-hydrogen) atoms. The molecule has 122 valence electrons. The van der Waals surface area contributed by atoms with E-state index in [1.54, 1.807) is 0 Å². The Kier molecular flexibility index (Phi) is 6.48. The van der Waals surface area contributed by atoms with E-state index in [1.165, 1.54) is 12.1 Å². The molecule has 0 aliphatic heterocycles. The van der Waals surface area contributed by atoms with E-state index >= 15 is 0 Å². The van der Waals surface area contributed by atoms with Crippen molar-refractivity contribution in [1.29, 1.82) is 5.26 Å². The van der Waals surface area contributed by atoms with Crippen LogP contribution in [0.4, 0.5) is 4.39 Å². The first-order valence-corrected chi connectivity index (χ1v) is 8.61. The zero-order valence-corrected chi connectivity index (χ0v) is 13.6. The summed E-state index contributed by atoms with van der Waals surface area (Å²) in [6.45, 7) is 4.05. The standard InChI is InChI=1S/C15H21FN2O3S/c1-15(2,11-19)6-3-7-18-22(20,21)10-13-8-12(9-17)4-5-14(13)16/h4-5,8,18-19H,3,6-7,10-11H2,1-2H3. The highest BCUT2D eigenvalue weighted by atomic mass is 32.2. The number of sulfonamides is 1. The summed E-state index contributed by atoms with van der Waals surface area (Å²) in [6, 6.07) is 5.48. The molecule has 0 saturated carbocycles. The number of aliphatic hydroxyl groups excluding tert-OH is 1. The minimum absolute atomic E-state index is 0.0257. The summed E-state index contributed by atoms with van der Waals surface area (Å²) in [7, 11) is -3.67. The minimum atomic E-state index is -3.67. The van der Waals surface area contributed by atoms with Crippen molar-refractivity contribution in [2.24, 2.45) is 5.41 Å². The van der Waals surface area contributed by atoms with E-state index < -0.39 is 21.6 Å². The lowest BCUT2D eigenvalue weighted by Crippen LogP contribution is -2.28. The van der Waals surface area contributed by atoms with Gasteiger partial charge >= 0.3 is 0 Å².